The number of Topliss-reactive ketones (excluding diaryl/α,β-unsaturated/α-hetero) is 1. The Bertz CT molecular complexity index is 860. The fourth-order valence-corrected chi connectivity index (χ4v) is 3.30. The molecule has 8 heteroatoms. The lowest BCUT2D eigenvalue weighted by Crippen LogP contribution is -2.42. The molecule has 1 heterocycles. The van der Waals surface area contributed by atoms with Gasteiger partial charge in [-0.3, -0.25) is 9.59 Å². The van der Waals surface area contributed by atoms with Crippen LogP contribution in [-0.4, -0.2) is 29.4 Å². The van der Waals surface area contributed by atoms with Crippen LogP contribution in [0.3, 0.4) is 0 Å². The molecule has 1 N–H and O–H groups in total. The fraction of sp³-hybridized carbons (Fsp3) is 0.350. The number of esters is 1. The van der Waals surface area contributed by atoms with Crippen molar-refractivity contribution >= 4 is 40.6 Å². The molecular formula is C20H22ClNO5S. The van der Waals surface area contributed by atoms with E-state index in [0.717, 1.165) is 4.88 Å². The van der Waals surface area contributed by atoms with Crippen LogP contribution < -0.4 is 10.1 Å². The van der Waals surface area contributed by atoms with Gasteiger partial charge in [0.1, 0.15) is 5.75 Å². The molecular weight excluding hydrogens is 402 g/mol. The summed E-state index contributed by atoms with van der Waals surface area (Å²) in [6.45, 7) is 6.43. The van der Waals surface area contributed by atoms with E-state index in [0.29, 0.717) is 22.2 Å². The molecule has 0 aliphatic rings. The number of halogens is 1. The number of ketones is 1. The maximum Gasteiger partial charge on any atom is 0.350 e. The van der Waals surface area contributed by atoms with Crippen LogP contribution in [0.25, 0.3) is 0 Å². The lowest BCUT2D eigenvalue weighted by atomic mass is 10.1. The lowest BCUT2D eigenvalue weighted by Gasteiger charge is -2.25. The van der Waals surface area contributed by atoms with Crippen molar-refractivity contribution in [1.29, 1.82) is 0 Å². The zero-order valence-corrected chi connectivity index (χ0v) is 17.6. The van der Waals surface area contributed by atoms with Crippen molar-refractivity contribution in [3.63, 3.8) is 0 Å². The number of nitrogens with one attached hydrogen (secondary N) is 1. The quantitative estimate of drug-likeness (QED) is 0.512. The first-order chi connectivity index (χ1) is 13.1. The summed E-state index contributed by atoms with van der Waals surface area (Å²) in [6, 6.07) is 10.0. The number of thiophene rings is 1. The van der Waals surface area contributed by atoms with Gasteiger partial charge < -0.3 is 14.8 Å². The van der Waals surface area contributed by atoms with E-state index in [2.05, 4.69) is 5.32 Å². The zero-order valence-electron chi connectivity index (χ0n) is 16.1. The smallest absolute Gasteiger partial charge is 0.350 e. The van der Waals surface area contributed by atoms with Crippen LogP contribution >= 0.6 is 22.9 Å². The van der Waals surface area contributed by atoms with E-state index in [4.69, 9.17) is 21.1 Å². The molecule has 1 unspecified atom stereocenters. The van der Waals surface area contributed by atoms with Crippen molar-refractivity contribution in [2.45, 2.75) is 45.9 Å². The summed E-state index contributed by atoms with van der Waals surface area (Å²) in [6.07, 6.45) is -0.965. The maximum absolute atomic E-state index is 12.5. The molecule has 0 radical (unpaired) electrons. The predicted octanol–water partition coefficient (Wildman–Crippen LogP) is 4.01. The number of amides is 1. The van der Waals surface area contributed by atoms with Gasteiger partial charge in [0.25, 0.3) is 0 Å². The predicted molar refractivity (Wildman–Crippen MR) is 108 cm³/mol. The third-order valence-electron chi connectivity index (χ3n) is 3.75. The second-order valence-electron chi connectivity index (χ2n) is 6.65. The standard InChI is InChI=1S/C20H22ClNO5S/c1-12(18(24)17-10-9-16(28-17)11-22-13(2)23)26-19(25)20(3,4)27-15-7-5-14(21)6-8-15/h5-10,12H,11H2,1-4H3,(H,22,23). The normalized spacial score (nSPS) is 12.2. The minimum atomic E-state index is -1.28. The zero-order chi connectivity index (χ0) is 20.9. The molecule has 28 heavy (non-hydrogen) atoms. The summed E-state index contributed by atoms with van der Waals surface area (Å²) in [5.41, 5.74) is -1.28. The Morgan fingerprint density at radius 1 is 1.14 bits per heavy atom. The van der Waals surface area contributed by atoms with Gasteiger partial charge in [-0.15, -0.1) is 11.3 Å². The van der Waals surface area contributed by atoms with Crippen LogP contribution in [0, 0.1) is 0 Å². The molecule has 6 nitrogen and oxygen atoms in total. The molecule has 0 saturated heterocycles. The highest BCUT2D eigenvalue weighted by Gasteiger charge is 2.34. The van der Waals surface area contributed by atoms with Gasteiger partial charge in [-0.05, 0) is 57.2 Å². The van der Waals surface area contributed by atoms with Gasteiger partial charge >= 0.3 is 5.97 Å². The lowest BCUT2D eigenvalue weighted by molar-refractivity contribution is -0.162. The Kier molecular flexibility index (Phi) is 7.21. The number of hydrogen-bond donors (Lipinski definition) is 1. The fourth-order valence-electron chi connectivity index (χ4n) is 2.21. The first-order valence-corrected chi connectivity index (χ1v) is 9.81. The number of ether oxygens (including phenoxy) is 2. The Morgan fingerprint density at radius 2 is 1.79 bits per heavy atom. The molecule has 0 fully saturated rings. The SMILES string of the molecule is CC(=O)NCc1ccc(C(=O)C(C)OC(=O)C(C)(C)Oc2ccc(Cl)cc2)s1. The van der Waals surface area contributed by atoms with E-state index in [9.17, 15) is 14.4 Å². The molecule has 1 amide bonds. The summed E-state index contributed by atoms with van der Waals surface area (Å²) in [5.74, 6) is -0.647. The van der Waals surface area contributed by atoms with Crippen LogP contribution in [0.1, 0.15) is 42.2 Å². The Hall–Kier alpha value is -2.38. The highest BCUT2D eigenvalue weighted by Crippen LogP contribution is 2.23. The molecule has 0 bridgehead atoms. The number of benzene rings is 1. The minimum absolute atomic E-state index is 0.147. The van der Waals surface area contributed by atoms with Crippen molar-refractivity contribution in [2.24, 2.45) is 0 Å². The summed E-state index contributed by atoms with van der Waals surface area (Å²) >= 11 is 7.09. The molecule has 0 saturated carbocycles. The minimum Gasteiger partial charge on any atom is -0.476 e. The summed E-state index contributed by atoms with van der Waals surface area (Å²) in [4.78, 5) is 37.3. The third kappa shape index (κ3) is 6.07. The molecule has 1 aromatic carbocycles. The van der Waals surface area contributed by atoms with Gasteiger partial charge in [-0.1, -0.05) is 11.6 Å². The van der Waals surface area contributed by atoms with Crippen molar-refractivity contribution in [1.82, 2.24) is 5.32 Å². The molecule has 0 aliphatic heterocycles. The Balaban J connectivity index is 1.97. The van der Waals surface area contributed by atoms with Crippen molar-refractivity contribution in [3.8, 4) is 5.75 Å². The van der Waals surface area contributed by atoms with Gasteiger partial charge in [0.15, 0.2) is 11.7 Å². The van der Waals surface area contributed by atoms with E-state index < -0.39 is 17.7 Å². The van der Waals surface area contributed by atoms with Gasteiger partial charge in [-0.2, -0.15) is 0 Å². The van der Waals surface area contributed by atoms with Gasteiger partial charge in [-0.25, -0.2) is 4.79 Å². The summed E-state index contributed by atoms with van der Waals surface area (Å²) in [7, 11) is 0. The van der Waals surface area contributed by atoms with Crippen LogP contribution in [0.2, 0.25) is 5.02 Å². The van der Waals surface area contributed by atoms with E-state index in [1.54, 1.807) is 50.2 Å². The molecule has 0 spiro atoms. The van der Waals surface area contributed by atoms with Crippen LogP contribution in [0.4, 0.5) is 0 Å². The second kappa shape index (κ2) is 9.21. The third-order valence-corrected chi connectivity index (χ3v) is 5.10. The molecule has 0 aliphatic carbocycles. The number of carbonyl (C=O) groups is 3. The van der Waals surface area contributed by atoms with E-state index >= 15 is 0 Å². The first-order valence-electron chi connectivity index (χ1n) is 8.61. The molecule has 2 rings (SSSR count). The molecule has 2 aromatic rings. The van der Waals surface area contributed by atoms with Crippen molar-refractivity contribution in [3.05, 3.63) is 51.2 Å². The van der Waals surface area contributed by atoms with Crippen molar-refractivity contribution < 1.29 is 23.9 Å². The van der Waals surface area contributed by atoms with Crippen LogP contribution in [0.5, 0.6) is 5.75 Å². The van der Waals surface area contributed by atoms with E-state index in [1.807, 2.05) is 0 Å². The number of carbonyl (C=O) groups excluding carboxylic acids is 3. The van der Waals surface area contributed by atoms with E-state index in [-0.39, 0.29) is 11.7 Å². The Morgan fingerprint density at radius 3 is 2.39 bits per heavy atom. The largest absolute Gasteiger partial charge is 0.476 e. The van der Waals surface area contributed by atoms with Gasteiger partial charge in [0.2, 0.25) is 11.7 Å². The van der Waals surface area contributed by atoms with E-state index in [1.165, 1.54) is 25.2 Å². The Labute approximate surface area is 172 Å². The summed E-state index contributed by atoms with van der Waals surface area (Å²) in [5, 5.41) is 3.23. The average Bonchev–Trinajstić information content (AvgIpc) is 3.10. The van der Waals surface area contributed by atoms with Crippen LogP contribution in [0.15, 0.2) is 36.4 Å². The topological polar surface area (TPSA) is 81.7 Å². The second-order valence-corrected chi connectivity index (χ2v) is 8.26. The van der Waals surface area contributed by atoms with Crippen molar-refractivity contribution in [2.75, 3.05) is 0 Å². The summed E-state index contributed by atoms with van der Waals surface area (Å²) < 4.78 is 11.0. The number of hydrogen-bond acceptors (Lipinski definition) is 6. The highest BCUT2D eigenvalue weighted by molar-refractivity contribution is 7.14. The maximum atomic E-state index is 12.5. The first kappa shape index (κ1) is 21.9. The highest BCUT2D eigenvalue weighted by atomic mass is 35.5. The van der Waals surface area contributed by atoms with Gasteiger partial charge in [0.05, 0.1) is 11.4 Å². The molecule has 150 valence electrons. The monoisotopic (exact) mass is 423 g/mol. The molecule has 1 atom stereocenters. The van der Waals surface area contributed by atoms with Crippen LogP contribution in [-0.2, 0) is 20.9 Å². The average molecular weight is 424 g/mol. The number of rotatable bonds is 8. The molecule has 1 aromatic heterocycles. The van der Waals surface area contributed by atoms with Gasteiger partial charge in [0, 0.05) is 16.8 Å².